The van der Waals surface area contributed by atoms with Gasteiger partial charge in [0.25, 0.3) is 0 Å². The maximum absolute atomic E-state index is 5.64. The van der Waals surface area contributed by atoms with Crippen molar-refractivity contribution in [3.63, 3.8) is 0 Å². The van der Waals surface area contributed by atoms with E-state index in [0.29, 0.717) is 17.5 Å². The third kappa shape index (κ3) is 2.75. The van der Waals surface area contributed by atoms with Gasteiger partial charge in [0.15, 0.2) is 0 Å². The SMILES string of the molecule is Nc1ccc(-c2nnc(/C=C/c3ccccc3)o2)cc1. The first kappa shape index (κ1) is 12.2. The van der Waals surface area contributed by atoms with E-state index in [2.05, 4.69) is 10.2 Å². The van der Waals surface area contributed by atoms with Crippen molar-refractivity contribution in [2.24, 2.45) is 0 Å². The molecule has 0 aliphatic carbocycles. The van der Waals surface area contributed by atoms with Crippen molar-refractivity contribution in [1.29, 1.82) is 0 Å². The zero-order chi connectivity index (χ0) is 13.8. The van der Waals surface area contributed by atoms with Gasteiger partial charge in [-0.3, -0.25) is 0 Å². The van der Waals surface area contributed by atoms with Crippen LogP contribution < -0.4 is 5.73 Å². The molecule has 3 aromatic rings. The second-order valence-electron chi connectivity index (χ2n) is 4.31. The number of benzene rings is 2. The number of nitrogen functional groups attached to an aromatic ring is 1. The Balaban J connectivity index is 1.80. The van der Waals surface area contributed by atoms with Crippen molar-refractivity contribution in [3.8, 4) is 11.5 Å². The highest BCUT2D eigenvalue weighted by atomic mass is 16.4. The predicted octanol–water partition coefficient (Wildman–Crippen LogP) is 3.49. The molecule has 0 saturated carbocycles. The molecule has 0 fully saturated rings. The second kappa shape index (κ2) is 5.40. The normalized spacial score (nSPS) is 11.0. The maximum Gasteiger partial charge on any atom is 0.248 e. The second-order valence-corrected chi connectivity index (χ2v) is 4.31. The molecule has 0 unspecified atom stereocenters. The fraction of sp³-hybridized carbons (Fsp3) is 0. The number of hydrogen-bond acceptors (Lipinski definition) is 4. The summed E-state index contributed by atoms with van der Waals surface area (Å²) < 4.78 is 5.58. The number of anilines is 1. The summed E-state index contributed by atoms with van der Waals surface area (Å²) in [5.41, 5.74) is 8.29. The lowest BCUT2D eigenvalue weighted by Crippen LogP contribution is -1.83. The minimum Gasteiger partial charge on any atom is -0.417 e. The van der Waals surface area contributed by atoms with E-state index in [1.807, 2.05) is 48.5 Å². The lowest BCUT2D eigenvalue weighted by Gasteiger charge is -1.94. The number of aromatic nitrogens is 2. The van der Waals surface area contributed by atoms with E-state index in [-0.39, 0.29) is 0 Å². The van der Waals surface area contributed by atoms with Crippen LogP contribution in [0.4, 0.5) is 5.69 Å². The zero-order valence-electron chi connectivity index (χ0n) is 10.7. The van der Waals surface area contributed by atoms with Crippen LogP contribution in [0.25, 0.3) is 23.6 Å². The average molecular weight is 263 g/mol. The third-order valence-corrected chi connectivity index (χ3v) is 2.82. The van der Waals surface area contributed by atoms with Gasteiger partial charge in [-0.15, -0.1) is 10.2 Å². The van der Waals surface area contributed by atoms with E-state index in [1.54, 1.807) is 18.2 Å². The molecule has 2 aromatic carbocycles. The van der Waals surface area contributed by atoms with Crippen molar-refractivity contribution >= 4 is 17.8 Å². The fourth-order valence-corrected chi connectivity index (χ4v) is 1.78. The zero-order valence-corrected chi connectivity index (χ0v) is 10.7. The highest BCUT2D eigenvalue weighted by molar-refractivity contribution is 5.66. The average Bonchev–Trinajstić information content (AvgIpc) is 2.96. The third-order valence-electron chi connectivity index (χ3n) is 2.82. The van der Waals surface area contributed by atoms with Crippen molar-refractivity contribution in [3.05, 3.63) is 66.1 Å². The van der Waals surface area contributed by atoms with Crippen molar-refractivity contribution in [2.75, 3.05) is 5.73 Å². The Kier molecular flexibility index (Phi) is 3.29. The van der Waals surface area contributed by atoms with Gasteiger partial charge >= 0.3 is 0 Å². The van der Waals surface area contributed by atoms with Crippen LogP contribution in [-0.2, 0) is 0 Å². The molecule has 0 radical (unpaired) electrons. The van der Waals surface area contributed by atoms with Crippen molar-refractivity contribution in [2.45, 2.75) is 0 Å². The van der Waals surface area contributed by atoms with Crippen molar-refractivity contribution in [1.82, 2.24) is 10.2 Å². The van der Waals surface area contributed by atoms with Crippen LogP contribution in [-0.4, -0.2) is 10.2 Å². The molecular weight excluding hydrogens is 250 g/mol. The van der Waals surface area contributed by atoms with Crippen LogP contribution in [0.2, 0.25) is 0 Å². The number of nitrogens with zero attached hydrogens (tertiary/aromatic N) is 2. The lowest BCUT2D eigenvalue weighted by molar-refractivity contribution is 0.558. The van der Waals surface area contributed by atoms with Gasteiger partial charge in [0, 0.05) is 17.3 Å². The molecular formula is C16H13N3O. The van der Waals surface area contributed by atoms with Crippen LogP contribution in [0.5, 0.6) is 0 Å². The highest BCUT2D eigenvalue weighted by Gasteiger charge is 2.05. The highest BCUT2D eigenvalue weighted by Crippen LogP contribution is 2.19. The summed E-state index contributed by atoms with van der Waals surface area (Å²) in [6.45, 7) is 0. The van der Waals surface area contributed by atoms with E-state index >= 15 is 0 Å². The van der Waals surface area contributed by atoms with Crippen LogP contribution in [0.3, 0.4) is 0 Å². The molecule has 0 saturated heterocycles. The van der Waals surface area contributed by atoms with Gasteiger partial charge in [0.2, 0.25) is 11.8 Å². The van der Waals surface area contributed by atoms with E-state index < -0.39 is 0 Å². The molecule has 1 aromatic heterocycles. The summed E-state index contributed by atoms with van der Waals surface area (Å²) in [7, 11) is 0. The van der Waals surface area contributed by atoms with Gasteiger partial charge < -0.3 is 10.2 Å². The van der Waals surface area contributed by atoms with E-state index in [4.69, 9.17) is 10.2 Å². The lowest BCUT2D eigenvalue weighted by atomic mass is 10.2. The van der Waals surface area contributed by atoms with Crippen LogP contribution in [0, 0.1) is 0 Å². The van der Waals surface area contributed by atoms with Gasteiger partial charge in [-0.2, -0.15) is 0 Å². The molecule has 20 heavy (non-hydrogen) atoms. The fourth-order valence-electron chi connectivity index (χ4n) is 1.78. The first-order valence-electron chi connectivity index (χ1n) is 6.24. The standard InChI is InChI=1S/C16H13N3O/c17-14-9-7-13(8-10-14)16-19-18-15(20-16)11-6-12-4-2-1-3-5-12/h1-11H,17H2/b11-6+. The molecule has 0 aliphatic heterocycles. The molecule has 4 heteroatoms. The van der Waals surface area contributed by atoms with Crippen LogP contribution in [0.15, 0.2) is 59.0 Å². The summed E-state index contributed by atoms with van der Waals surface area (Å²) >= 11 is 0. The Morgan fingerprint density at radius 1 is 0.850 bits per heavy atom. The van der Waals surface area contributed by atoms with Gasteiger partial charge in [-0.25, -0.2) is 0 Å². The molecule has 4 nitrogen and oxygen atoms in total. The van der Waals surface area contributed by atoms with Crippen LogP contribution in [0.1, 0.15) is 11.5 Å². The van der Waals surface area contributed by atoms with E-state index in [9.17, 15) is 0 Å². The Hall–Kier alpha value is -2.88. The molecule has 3 rings (SSSR count). The first-order valence-corrected chi connectivity index (χ1v) is 6.24. The predicted molar refractivity (Wildman–Crippen MR) is 79.5 cm³/mol. The number of nitrogens with two attached hydrogens (primary N) is 1. The monoisotopic (exact) mass is 263 g/mol. The molecule has 0 aliphatic rings. The van der Waals surface area contributed by atoms with E-state index in [0.717, 1.165) is 11.1 Å². The topological polar surface area (TPSA) is 64.9 Å². The summed E-state index contributed by atoms with van der Waals surface area (Å²) in [6.07, 6.45) is 3.73. The Morgan fingerprint density at radius 2 is 1.60 bits per heavy atom. The van der Waals surface area contributed by atoms with Crippen LogP contribution >= 0.6 is 0 Å². The quantitative estimate of drug-likeness (QED) is 0.734. The molecule has 0 bridgehead atoms. The van der Waals surface area contributed by atoms with E-state index in [1.165, 1.54) is 0 Å². The molecule has 2 N–H and O–H groups in total. The minimum absolute atomic E-state index is 0.473. The smallest absolute Gasteiger partial charge is 0.248 e. The summed E-state index contributed by atoms with van der Waals surface area (Å²) in [5.74, 6) is 0.957. The van der Waals surface area contributed by atoms with Crippen molar-refractivity contribution < 1.29 is 4.42 Å². The minimum atomic E-state index is 0.473. The summed E-state index contributed by atoms with van der Waals surface area (Å²) in [4.78, 5) is 0. The molecule has 0 atom stereocenters. The summed E-state index contributed by atoms with van der Waals surface area (Å²) in [5, 5.41) is 8.01. The number of hydrogen-bond donors (Lipinski definition) is 1. The Labute approximate surface area is 116 Å². The molecule has 0 amide bonds. The largest absolute Gasteiger partial charge is 0.417 e. The van der Waals surface area contributed by atoms with Gasteiger partial charge in [-0.1, -0.05) is 30.3 Å². The van der Waals surface area contributed by atoms with Gasteiger partial charge in [0.1, 0.15) is 0 Å². The molecule has 1 heterocycles. The molecule has 0 spiro atoms. The number of rotatable bonds is 3. The maximum atomic E-state index is 5.64. The van der Waals surface area contributed by atoms with Gasteiger partial charge in [-0.05, 0) is 35.9 Å². The summed E-state index contributed by atoms with van der Waals surface area (Å²) in [6, 6.07) is 17.3. The van der Waals surface area contributed by atoms with Gasteiger partial charge in [0.05, 0.1) is 0 Å². The Bertz CT molecular complexity index is 715. The first-order chi connectivity index (χ1) is 9.81. The Morgan fingerprint density at radius 3 is 2.35 bits per heavy atom. The molecule has 98 valence electrons.